The Morgan fingerprint density at radius 3 is 2.71 bits per heavy atom. The van der Waals surface area contributed by atoms with E-state index in [2.05, 4.69) is 15.7 Å². The highest BCUT2D eigenvalue weighted by Crippen LogP contribution is 2.33. The zero-order chi connectivity index (χ0) is 11.5. The molecule has 2 nitrogen and oxygen atoms in total. The van der Waals surface area contributed by atoms with Gasteiger partial charge in [0.2, 0.25) is 0 Å². The van der Waals surface area contributed by atoms with Crippen molar-refractivity contribution < 1.29 is 0 Å². The van der Waals surface area contributed by atoms with Crippen molar-refractivity contribution in [3.63, 3.8) is 0 Å². The van der Waals surface area contributed by atoms with Gasteiger partial charge in [0, 0.05) is 24.0 Å². The fourth-order valence-electron chi connectivity index (χ4n) is 3.01. The van der Waals surface area contributed by atoms with Gasteiger partial charge in [-0.25, -0.2) is 4.98 Å². The van der Waals surface area contributed by atoms with Crippen LogP contribution in [0.15, 0.2) is 11.6 Å². The van der Waals surface area contributed by atoms with E-state index in [-0.39, 0.29) is 0 Å². The minimum atomic E-state index is 0.859. The summed E-state index contributed by atoms with van der Waals surface area (Å²) >= 11 is 1.82. The minimum absolute atomic E-state index is 0.859. The Morgan fingerprint density at radius 1 is 1.18 bits per heavy atom. The van der Waals surface area contributed by atoms with Gasteiger partial charge < -0.3 is 5.32 Å². The van der Waals surface area contributed by atoms with E-state index in [1.54, 1.807) is 0 Å². The summed E-state index contributed by atoms with van der Waals surface area (Å²) in [5.41, 5.74) is 0. The van der Waals surface area contributed by atoms with Gasteiger partial charge in [-0.1, -0.05) is 12.8 Å². The molecule has 0 bridgehead atoms. The fourth-order valence-corrected chi connectivity index (χ4v) is 3.72. The molecule has 3 heteroatoms. The normalized spacial score (nSPS) is 29.4. The van der Waals surface area contributed by atoms with Crippen molar-refractivity contribution in [2.24, 2.45) is 11.8 Å². The third-order valence-electron chi connectivity index (χ3n) is 4.23. The first-order valence-electron chi connectivity index (χ1n) is 7.03. The molecule has 3 rings (SSSR count). The molecule has 2 aliphatic rings. The molecule has 17 heavy (non-hydrogen) atoms. The minimum Gasteiger partial charge on any atom is -0.314 e. The van der Waals surface area contributed by atoms with Crippen molar-refractivity contribution in [2.75, 3.05) is 6.54 Å². The second-order valence-corrected chi connectivity index (χ2v) is 6.60. The summed E-state index contributed by atoms with van der Waals surface area (Å²) < 4.78 is 0. The van der Waals surface area contributed by atoms with E-state index in [0.29, 0.717) is 0 Å². The molecule has 2 saturated carbocycles. The lowest BCUT2D eigenvalue weighted by Gasteiger charge is -2.31. The van der Waals surface area contributed by atoms with Crippen LogP contribution >= 0.6 is 11.3 Å². The van der Waals surface area contributed by atoms with Crippen LogP contribution < -0.4 is 5.32 Å². The molecule has 0 amide bonds. The van der Waals surface area contributed by atoms with Gasteiger partial charge in [0.05, 0.1) is 5.01 Å². The van der Waals surface area contributed by atoms with E-state index < -0.39 is 0 Å². The average molecular weight is 250 g/mol. The van der Waals surface area contributed by atoms with Crippen LogP contribution in [0, 0.1) is 11.8 Å². The largest absolute Gasteiger partial charge is 0.314 e. The van der Waals surface area contributed by atoms with Gasteiger partial charge in [-0.15, -0.1) is 11.3 Å². The third-order valence-corrected chi connectivity index (χ3v) is 5.03. The molecule has 1 aromatic rings. The molecule has 0 radical (unpaired) electrons. The van der Waals surface area contributed by atoms with Crippen LogP contribution in [0.2, 0.25) is 0 Å². The van der Waals surface area contributed by atoms with Crippen LogP contribution in [0.4, 0.5) is 0 Å². The highest BCUT2D eigenvalue weighted by atomic mass is 32.1. The molecule has 0 aliphatic heterocycles. The molecule has 0 saturated heterocycles. The Labute approximate surface area is 108 Å². The second-order valence-electron chi connectivity index (χ2n) is 5.62. The van der Waals surface area contributed by atoms with Crippen molar-refractivity contribution >= 4 is 11.3 Å². The lowest BCUT2D eigenvalue weighted by atomic mass is 9.77. The zero-order valence-electron chi connectivity index (χ0n) is 10.4. The Hall–Kier alpha value is -0.410. The predicted molar refractivity (Wildman–Crippen MR) is 72.3 cm³/mol. The standard InChI is InChI=1S/C14H22N2S/c1-2-4-12(10-16-13-5-6-13)11(3-1)9-14-15-7-8-17-14/h7-8,11-13,16H,1-6,9-10H2. The van der Waals surface area contributed by atoms with Crippen LogP contribution in [0.1, 0.15) is 43.5 Å². The molecule has 2 fully saturated rings. The Morgan fingerprint density at radius 2 is 2.00 bits per heavy atom. The van der Waals surface area contributed by atoms with Crippen LogP contribution in [-0.4, -0.2) is 17.6 Å². The van der Waals surface area contributed by atoms with Crippen LogP contribution in [0.5, 0.6) is 0 Å². The first-order chi connectivity index (χ1) is 8.42. The topological polar surface area (TPSA) is 24.9 Å². The predicted octanol–water partition coefficient (Wildman–Crippen LogP) is 3.24. The fraction of sp³-hybridized carbons (Fsp3) is 0.786. The number of aromatic nitrogens is 1. The van der Waals surface area contributed by atoms with Gasteiger partial charge in [0.25, 0.3) is 0 Å². The van der Waals surface area contributed by atoms with Gasteiger partial charge in [-0.05, 0) is 44.1 Å². The quantitative estimate of drug-likeness (QED) is 0.868. The Kier molecular flexibility index (Phi) is 3.77. The Balaban J connectivity index is 1.54. The molecular formula is C14H22N2S. The van der Waals surface area contributed by atoms with Gasteiger partial charge in [0.15, 0.2) is 0 Å². The molecular weight excluding hydrogens is 228 g/mol. The average Bonchev–Trinajstić information content (AvgIpc) is 3.05. The van der Waals surface area contributed by atoms with Gasteiger partial charge >= 0.3 is 0 Å². The Bertz CT molecular complexity index is 332. The van der Waals surface area contributed by atoms with E-state index >= 15 is 0 Å². The maximum Gasteiger partial charge on any atom is 0.0927 e. The molecule has 1 N–H and O–H groups in total. The van der Waals surface area contributed by atoms with E-state index in [0.717, 1.165) is 17.9 Å². The highest BCUT2D eigenvalue weighted by Gasteiger charge is 2.28. The van der Waals surface area contributed by atoms with Crippen molar-refractivity contribution in [1.82, 2.24) is 10.3 Å². The second kappa shape index (κ2) is 5.49. The monoisotopic (exact) mass is 250 g/mol. The van der Waals surface area contributed by atoms with Crippen LogP contribution in [0.25, 0.3) is 0 Å². The summed E-state index contributed by atoms with van der Waals surface area (Å²) in [4.78, 5) is 4.45. The summed E-state index contributed by atoms with van der Waals surface area (Å²) in [7, 11) is 0. The van der Waals surface area contributed by atoms with E-state index in [1.165, 1.54) is 56.5 Å². The highest BCUT2D eigenvalue weighted by molar-refractivity contribution is 7.09. The SMILES string of the molecule is c1csc(CC2CCCCC2CNC2CC2)n1. The third kappa shape index (κ3) is 3.29. The summed E-state index contributed by atoms with van der Waals surface area (Å²) in [6.45, 7) is 1.25. The lowest BCUT2D eigenvalue weighted by molar-refractivity contribution is 0.228. The lowest BCUT2D eigenvalue weighted by Crippen LogP contribution is -2.32. The maximum atomic E-state index is 4.45. The number of nitrogens with one attached hydrogen (secondary N) is 1. The summed E-state index contributed by atoms with van der Waals surface area (Å²) in [5.74, 6) is 1.77. The van der Waals surface area contributed by atoms with Gasteiger partial charge in [0.1, 0.15) is 0 Å². The molecule has 2 aliphatic carbocycles. The number of nitrogens with zero attached hydrogens (tertiary/aromatic N) is 1. The van der Waals surface area contributed by atoms with E-state index in [1.807, 2.05) is 17.5 Å². The van der Waals surface area contributed by atoms with Crippen molar-refractivity contribution in [3.8, 4) is 0 Å². The van der Waals surface area contributed by atoms with Crippen LogP contribution in [-0.2, 0) is 6.42 Å². The summed E-state index contributed by atoms with van der Waals surface area (Å²) in [6.07, 6.45) is 11.7. The first-order valence-corrected chi connectivity index (χ1v) is 7.91. The molecule has 1 heterocycles. The summed E-state index contributed by atoms with van der Waals surface area (Å²) in [6, 6.07) is 0.859. The van der Waals surface area contributed by atoms with Crippen LogP contribution in [0.3, 0.4) is 0 Å². The number of rotatable bonds is 5. The first kappa shape index (κ1) is 11.7. The molecule has 0 spiro atoms. The zero-order valence-corrected chi connectivity index (χ0v) is 11.2. The number of thiazole rings is 1. The maximum absolute atomic E-state index is 4.45. The molecule has 2 unspecified atom stereocenters. The summed E-state index contributed by atoms with van der Waals surface area (Å²) in [5, 5.41) is 7.17. The van der Waals surface area contributed by atoms with Gasteiger partial charge in [-0.2, -0.15) is 0 Å². The van der Waals surface area contributed by atoms with E-state index in [9.17, 15) is 0 Å². The molecule has 1 aromatic heterocycles. The molecule has 94 valence electrons. The number of hydrogen-bond donors (Lipinski definition) is 1. The molecule has 2 atom stereocenters. The van der Waals surface area contributed by atoms with Crippen molar-refractivity contribution in [3.05, 3.63) is 16.6 Å². The van der Waals surface area contributed by atoms with E-state index in [4.69, 9.17) is 0 Å². The van der Waals surface area contributed by atoms with Crippen molar-refractivity contribution in [2.45, 2.75) is 51.0 Å². The van der Waals surface area contributed by atoms with Crippen molar-refractivity contribution in [1.29, 1.82) is 0 Å². The smallest absolute Gasteiger partial charge is 0.0927 e. The number of hydrogen-bond acceptors (Lipinski definition) is 3. The van der Waals surface area contributed by atoms with Gasteiger partial charge in [-0.3, -0.25) is 0 Å². The molecule has 0 aromatic carbocycles.